The lowest BCUT2D eigenvalue weighted by atomic mass is 9.81. The van der Waals surface area contributed by atoms with Gasteiger partial charge in [0.2, 0.25) is 10.0 Å². The molecule has 3 heterocycles. The van der Waals surface area contributed by atoms with Crippen LogP contribution in [0.3, 0.4) is 0 Å². The quantitative estimate of drug-likeness (QED) is 0.592. The van der Waals surface area contributed by atoms with Gasteiger partial charge < -0.3 is 14.7 Å². The number of carbonyl (C=O) groups is 1. The second-order valence-corrected chi connectivity index (χ2v) is 11.2. The Labute approximate surface area is 184 Å². The summed E-state index contributed by atoms with van der Waals surface area (Å²) in [6.45, 7) is 6.46. The van der Waals surface area contributed by atoms with Crippen molar-refractivity contribution >= 4 is 16.0 Å². The first kappa shape index (κ1) is 27.2. The van der Waals surface area contributed by atoms with E-state index >= 15 is 0 Å². The van der Waals surface area contributed by atoms with E-state index in [1.54, 1.807) is 4.31 Å². The summed E-state index contributed by atoms with van der Waals surface area (Å²) in [6.07, 6.45) is -2.72. The summed E-state index contributed by atoms with van der Waals surface area (Å²) in [5.41, 5.74) is -0.186. The number of carboxylic acid groups (broad SMARTS) is 1. The van der Waals surface area contributed by atoms with Gasteiger partial charge in [-0.25, -0.2) is 26.3 Å². The standard InChI is InChI=1S/C17H30F2N2O3S.C2HF3O2/c1-14(2)13-25(22,23)21-9-3-16(4-10-21)11-15(24-16)12-20-7-5-17(18,19)6-8-20;3-2(4,5)1(6)7/h14-15H,3-13H2,1-2H3;(H,6,7). The zero-order chi connectivity index (χ0) is 24.4. The number of hydrogen-bond acceptors (Lipinski definition) is 5. The van der Waals surface area contributed by atoms with E-state index in [0.717, 1.165) is 19.3 Å². The lowest BCUT2D eigenvalue weighted by Gasteiger charge is -2.53. The highest BCUT2D eigenvalue weighted by Gasteiger charge is 2.49. The third-order valence-electron chi connectivity index (χ3n) is 5.88. The second-order valence-electron chi connectivity index (χ2n) is 9.16. The van der Waals surface area contributed by atoms with Crippen LogP contribution < -0.4 is 0 Å². The van der Waals surface area contributed by atoms with Crippen molar-refractivity contribution in [3.63, 3.8) is 0 Å². The van der Waals surface area contributed by atoms with Crippen LogP contribution in [-0.2, 0) is 19.6 Å². The fraction of sp³-hybridized carbons (Fsp3) is 0.947. The molecule has 0 saturated carbocycles. The molecule has 7 nitrogen and oxygen atoms in total. The zero-order valence-corrected chi connectivity index (χ0v) is 19.0. The number of halogens is 5. The number of likely N-dealkylation sites (tertiary alicyclic amines) is 1. The van der Waals surface area contributed by atoms with Crippen LogP contribution in [0.1, 0.15) is 46.0 Å². The molecule has 3 fully saturated rings. The molecule has 1 atom stereocenters. The van der Waals surface area contributed by atoms with E-state index in [1.165, 1.54) is 0 Å². The molecule has 0 aromatic heterocycles. The van der Waals surface area contributed by atoms with Crippen molar-refractivity contribution in [1.29, 1.82) is 0 Å². The predicted octanol–water partition coefficient (Wildman–Crippen LogP) is 2.96. The van der Waals surface area contributed by atoms with Crippen molar-refractivity contribution in [2.24, 2.45) is 5.92 Å². The molecule has 1 N–H and O–H groups in total. The third-order valence-corrected chi connectivity index (χ3v) is 8.12. The van der Waals surface area contributed by atoms with Gasteiger partial charge in [0.15, 0.2) is 0 Å². The molecule has 0 aliphatic carbocycles. The summed E-state index contributed by atoms with van der Waals surface area (Å²) in [7, 11) is -3.17. The number of nitrogens with zero attached hydrogens (tertiary/aromatic N) is 2. The number of aliphatic carboxylic acids is 1. The average Bonchev–Trinajstić information content (AvgIpc) is 2.61. The minimum absolute atomic E-state index is 0.0620. The maximum Gasteiger partial charge on any atom is 0.490 e. The van der Waals surface area contributed by atoms with Gasteiger partial charge >= 0.3 is 12.1 Å². The zero-order valence-electron chi connectivity index (χ0n) is 18.2. The van der Waals surface area contributed by atoms with Gasteiger partial charge in [0, 0.05) is 52.0 Å². The number of carboxylic acids is 1. The van der Waals surface area contributed by atoms with Gasteiger partial charge in [0.25, 0.3) is 5.92 Å². The Kier molecular flexibility index (Phi) is 8.55. The molecule has 0 radical (unpaired) electrons. The van der Waals surface area contributed by atoms with Gasteiger partial charge in [-0.15, -0.1) is 0 Å². The number of alkyl halides is 5. The average molecular weight is 495 g/mol. The van der Waals surface area contributed by atoms with E-state index < -0.39 is 28.1 Å². The molecule has 0 amide bonds. The molecule has 0 aromatic rings. The molecular formula is C19H31F5N2O5S. The normalized spacial score (nSPS) is 26.3. The van der Waals surface area contributed by atoms with Crippen LogP contribution in [0, 0.1) is 5.92 Å². The lowest BCUT2D eigenvalue weighted by Crippen LogP contribution is -2.60. The monoisotopic (exact) mass is 494 g/mol. The molecule has 13 heteroatoms. The molecule has 3 rings (SSSR count). The van der Waals surface area contributed by atoms with Crippen LogP contribution in [0.25, 0.3) is 0 Å². The Hall–Kier alpha value is -1.05. The SMILES string of the molecule is CC(C)CS(=O)(=O)N1CCC2(CC1)CC(CN1CCC(F)(F)CC1)O2.O=C(O)C(F)(F)F. The van der Waals surface area contributed by atoms with Crippen molar-refractivity contribution in [3.05, 3.63) is 0 Å². The van der Waals surface area contributed by atoms with Gasteiger partial charge in [-0.1, -0.05) is 13.8 Å². The van der Waals surface area contributed by atoms with Crippen molar-refractivity contribution in [1.82, 2.24) is 9.21 Å². The highest BCUT2D eigenvalue weighted by Crippen LogP contribution is 2.42. The van der Waals surface area contributed by atoms with E-state index in [-0.39, 0.29) is 36.2 Å². The molecular weight excluding hydrogens is 463 g/mol. The maximum atomic E-state index is 13.2. The van der Waals surface area contributed by atoms with Crippen LogP contribution in [0.2, 0.25) is 0 Å². The Morgan fingerprint density at radius 1 is 1.09 bits per heavy atom. The van der Waals surface area contributed by atoms with Gasteiger partial charge in [-0.2, -0.15) is 13.2 Å². The molecule has 3 saturated heterocycles. The summed E-state index contributed by atoms with van der Waals surface area (Å²) in [5, 5.41) is 7.12. The molecule has 3 aliphatic heterocycles. The Bertz CT molecular complexity index is 734. The number of rotatable bonds is 5. The number of ether oxygens (including phenoxy) is 1. The first-order valence-electron chi connectivity index (χ1n) is 10.6. The Balaban J connectivity index is 0.000000451. The summed E-state index contributed by atoms with van der Waals surface area (Å²) in [4.78, 5) is 11.0. The van der Waals surface area contributed by atoms with Crippen LogP contribution in [-0.4, -0.2) is 91.0 Å². The van der Waals surface area contributed by atoms with Crippen molar-refractivity contribution in [2.45, 2.75) is 69.8 Å². The summed E-state index contributed by atoms with van der Waals surface area (Å²) in [6, 6.07) is 0. The van der Waals surface area contributed by atoms with Gasteiger partial charge in [0.1, 0.15) is 0 Å². The minimum atomic E-state index is -5.08. The third kappa shape index (κ3) is 7.77. The fourth-order valence-electron chi connectivity index (χ4n) is 4.23. The second kappa shape index (κ2) is 10.1. The summed E-state index contributed by atoms with van der Waals surface area (Å²) < 4.78 is 90.5. The van der Waals surface area contributed by atoms with Crippen molar-refractivity contribution in [3.8, 4) is 0 Å². The van der Waals surface area contributed by atoms with E-state index in [2.05, 4.69) is 4.90 Å². The lowest BCUT2D eigenvalue weighted by molar-refractivity contribution is -0.228. The van der Waals surface area contributed by atoms with E-state index in [1.807, 2.05) is 13.8 Å². The van der Waals surface area contributed by atoms with E-state index in [0.29, 0.717) is 32.7 Å². The number of piperidine rings is 2. The smallest absolute Gasteiger partial charge is 0.475 e. The van der Waals surface area contributed by atoms with Crippen LogP contribution in [0.4, 0.5) is 22.0 Å². The van der Waals surface area contributed by atoms with Gasteiger partial charge in [-0.05, 0) is 18.8 Å². The Morgan fingerprint density at radius 3 is 1.97 bits per heavy atom. The minimum Gasteiger partial charge on any atom is -0.475 e. The van der Waals surface area contributed by atoms with Crippen molar-refractivity contribution < 1.29 is 45.0 Å². The highest BCUT2D eigenvalue weighted by molar-refractivity contribution is 7.89. The predicted molar refractivity (Wildman–Crippen MR) is 106 cm³/mol. The molecule has 0 bridgehead atoms. The largest absolute Gasteiger partial charge is 0.490 e. The van der Waals surface area contributed by atoms with Crippen LogP contribution in [0.5, 0.6) is 0 Å². The summed E-state index contributed by atoms with van der Waals surface area (Å²) in [5.74, 6) is -4.94. The molecule has 188 valence electrons. The van der Waals surface area contributed by atoms with Gasteiger partial charge in [-0.3, -0.25) is 0 Å². The van der Waals surface area contributed by atoms with Gasteiger partial charge in [0.05, 0.1) is 17.5 Å². The topological polar surface area (TPSA) is 87.2 Å². The van der Waals surface area contributed by atoms with Crippen molar-refractivity contribution in [2.75, 3.05) is 38.5 Å². The molecule has 3 aliphatic rings. The van der Waals surface area contributed by atoms with Crippen LogP contribution >= 0.6 is 0 Å². The Morgan fingerprint density at radius 2 is 1.56 bits per heavy atom. The molecule has 32 heavy (non-hydrogen) atoms. The fourth-order valence-corrected chi connectivity index (χ4v) is 6.02. The van der Waals surface area contributed by atoms with E-state index in [9.17, 15) is 30.4 Å². The first-order valence-corrected chi connectivity index (χ1v) is 12.2. The van der Waals surface area contributed by atoms with E-state index in [4.69, 9.17) is 14.6 Å². The molecule has 1 unspecified atom stereocenters. The highest BCUT2D eigenvalue weighted by atomic mass is 32.2. The number of sulfonamides is 1. The summed E-state index contributed by atoms with van der Waals surface area (Å²) >= 11 is 0. The number of hydrogen-bond donors (Lipinski definition) is 1. The maximum absolute atomic E-state index is 13.2. The van der Waals surface area contributed by atoms with Crippen LogP contribution in [0.15, 0.2) is 0 Å². The first-order chi connectivity index (χ1) is 14.5. The molecule has 1 spiro atoms. The molecule has 0 aromatic carbocycles.